The number of para-hydroxylation sites is 1. The van der Waals surface area contributed by atoms with E-state index in [1.807, 2.05) is 30.3 Å². The zero-order chi connectivity index (χ0) is 26.0. The number of benzene rings is 3. The molecule has 0 fully saturated rings. The van der Waals surface area contributed by atoms with Gasteiger partial charge in [-0.15, -0.1) is 0 Å². The second kappa shape index (κ2) is 10.7. The van der Waals surface area contributed by atoms with Crippen molar-refractivity contribution in [2.24, 2.45) is 0 Å². The van der Waals surface area contributed by atoms with Gasteiger partial charge in [0.1, 0.15) is 5.69 Å². The molecule has 36 heavy (non-hydrogen) atoms. The van der Waals surface area contributed by atoms with Crippen molar-refractivity contribution in [3.63, 3.8) is 0 Å². The fraction of sp³-hybridized carbons (Fsp3) is 0.174. The van der Waals surface area contributed by atoms with E-state index in [0.29, 0.717) is 21.6 Å². The Morgan fingerprint density at radius 3 is 1.92 bits per heavy atom. The summed E-state index contributed by atoms with van der Waals surface area (Å²) in [6, 6.07) is 23.4. The van der Waals surface area contributed by atoms with Gasteiger partial charge < -0.3 is 4.70 Å². The van der Waals surface area contributed by atoms with Gasteiger partial charge in [0, 0.05) is 15.9 Å². The molecule has 4 aromatic rings. The van der Waals surface area contributed by atoms with Gasteiger partial charge in [0.05, 0.1) is 15.7 Å². The average molecular weight is 569 g/mol. The first-order chi connectivity index (χ1) is 16.1. The molecule has 1 heterocycles. The molecule has 0 saturated heterocycles. The number of halogens is 8. The number of hydrogen-bond donors (Lipinski definition) is 0. The van der Waals surface area contributed by atoms with Crippen LogP contribution in [0.15, 0.2) is 72.8 Å². The third-order valence-corrected chi connectivity index (χ3v) is 5.23. The van der Waals surface area contributed by atoms with Crippen molar-refractivity contribution in [1.29, 1.82) is 0 Å². The van der Waals surface area contributed by atoms with E-state index >= 15 is 0 Å². The van der Waals surface area contributed by atoms with Crippen molar-refractivity contribution in [3.05, 3.63) is 88.4 Å². The quantitative estimate of drug-likeness (QED) is 0.178. The molecular weight excluding hydrogens is 548 g/mol. The Kier molecular flexibility index (Phi) is 8.82. The maximum absolute atomic E-state index is 9.84. The molecule has 13 heteroatoms. The first-order valence-corrected chi connectivity index (χ1v) is 12.6. The summed E-state index contributed by atoms with van der Waals surface area (Å²) in [5, 5.41) is 10.6. The van der Waals surface area contributed by atoms with Crippen LogP contribution in [0.3, 0.4) is 0 Å². The van der Waals surface area contributed by atoms with Crippen molar-refractivity contribution in [1.82, 2.24) is 15.0 Å². The first kappa shape index (κ1) is 29.5. The van der Waals surface area contributed by atoms with Gasteiger partial charge in [0.25, 0.3) is 0 Å². The minimum atomic E-state index is -8.55. The van der Waals surface area contributed by atoms with Crippen LogP contribution in [0.4, 0.5) is 21.0 Å². The third-order valence-electron chi connectivity index (χ3n) is 4.68. The standard InChI is InChI=1S/C23H21Cl2N4.F5P.FH/c1-23(2,3)17-11-9-16(10-12-17)22-26-28(19-7-5-4-6-8-19)29(27-22)21-15-18(24)13-14-20(21)25;1-6(2,3,4)5;/h4-15H,1-3H3;;1H/q+1;;/p-1. The van der Waals surface area contributed by atoms with Crippen LogP contribution in [0.5, 0.6) is 0 Å². The molecule has 0 aliphatic heterocycles. The maximum atomic E-state index is 9.84. The normalized spacial score (nSPS) is 12.6. The van der Waals surface area contributed by atoms with E-state index in [1.54, 1.807) is 27.8 Å². The second-order valence-electron chi connectivity index (χ2n) is 8.50. The molecule has 4 rings (SSSR count). The molecule has 0 amide bonds. The first-order valence-electron chi connectivity index (χ1n) is 10.2. The van der Waals surface area contributed by atoms with Crippen LogP contribution in [0, 0.1) is 0 Å². The average Bonchev–Trinajstić information content (AvgIpc) is 3.19. The summed E-state index contributed by atoms with van der Waals surface area (Å²) in [7, 11) is -8.55. The minimum Gasteiger partial charge on any atom is -1.00 e. The van der Waals surface area contributed by atoms with Crippen molar-refractivity contribution in [3.8, 4) is 22.8 Å². The third kappa shape index (κ3) is 8.47. The van der Waals surface area contributed by atoms with Crippen LogP contribution >= 0.6 is 31.4 Å². The molecular formula is C23H21Cl2F6N4P. The molecule has 0 saturated carbocycles. The molecule has 0 radical (unpaired) electrons. The zero-order valence-corrected chi connectivity index (χ0v) is 21.6. The van der Waals surface area contributed by atoms with Crippen molar-refractivity contribution in [2.45, 2.75) is 26.2 Å². The number of nitrogens with zero attached hydrogens (tertiary/aromatic N) is 4. The minimum absolute atomic E-state index is 0. The molecule has 0 N–H and O–H groups in total. The molecule has 0 unspecified atom stereocenters. The van der Waals surface area contributed by atoms with Crippen molar-refractivity contribution >= 4 is 31.4 Å². The summed E-state index contributed by atoms with van der Waals surface area (Å²) >= 11 is 12.7. The van der Waals surface area contributed by atoms with Gasteiger partial charge in [-0.1, -0.05) is 74.3 Å². The number of rotatable bonds is 3. The van der Waals surface area contributed by atoms with E-state index < -0.39 is 8.16 Å². The van der Waals surface area contributed by atoms with Gasteiger partial charge in [-0.05, 0) is 57.3 Å². The predicted octanol–water partition coefficient (Wildman–Crippen LogP) is 5.78. The Bertz CT molecular complexity index is 1300. The van der Waals surface area contributed by atoms with Gasteiger partial charge in [0.15, 0.2) is 5.69 Å². The summed E-state index contributed by atoms with van der Waals surface area (Å²) in [6.07, 6.45) is 0. The van der Waals surface area contributed by atoms with E-state index in [1.165, 1.54) is 5.56 Å². The fourth-order valence-corrected chi connectivity index (χ4v) is 3.40. The van der Waals surface area contributed by atoms with Crippen LogP contribution in [0.25, 0.3) is 22.8 Å². The van der Waals surface area contributed by atoms with Gasteiger partial charge >= 0.3 is 35.0 Å². The topological polar surface area (TPSA) is 34.6 Å². The summed E-state index contributed by atoms with van der Waals surface area (Å²) in [6.45, 7) is 6.58. The molecule has 1 aromatic heterocycles. The van der Waals surface area contributed by atoms with Gasteiger partial charge in [-0.3, -0.25) is 0 Å². The fourth-order valence-electron chi connectivity index (χ4n) is 3.04. The SMILES string of the molecule is CC(C)(C)c1ccc(-c2nn(-c3ccccc3)[n+](-c3cc(Cl)ccc3Cl)n2)cc1.FP(F)(F)(F)F.[F-]. The van der Waals surface area contributed by atoms with E-state index in [9.17, 15) is 21.0 Å². The van der Waals surface area contributed by atoms with E-state index in [-0.39, 0.29) is 10.1 Å². The Morgan fingerprint density at radius 1 is 0.833 bits per heavy atom. The molecule has 3 aromatic carbocycles. The van der Waals surface area contributed by atoms with Gasteiger partial charge in [-0.2, -0.15) is 0 Å². The van der Waals surface area contributed by atoms with E-state index in [4.69, 9.17) is 33.4 Å². The number of hydrogen-bond acceptors (Lipinski definition) is 2. The number of aromatic nitrogens is 4. The van der Waals surface area contributed by atoms with Crippen LogP contribution in [0.2, 0.25) is 10.0 Å². The van der Waals surface area contributed by atoms with E-state index in [0.717, 1.165) is 11.3 Å². The molecule has 0 atom stereocenters. The summed E-state index contributed by atoms with van der Waals surface area (Å²) < 4.78 is 49.2. The predicted molar refractivity (Wildman–Crippen MR) is 130 cm³/mol. The van der Waals surface area contributed by atoms with Gasteiger partial charge in [-0.25, -0.2) is 0 Å². The molecule has 0 spiro atoms. The Hall–Kier alpha value is -2.68. The Morgan fingerprint density at radius 2 is 1.39 bits per heavy atom. The molecule has 194 valence electrons. The van der Waals surface area contributed by atoms with Crippen molar-refractivity contribution in [2.75, 3.05) is 0 Å². The monoisotopic (exact) mass is 568 g/mol. The largest absolute Gasteiger partial charge is 1.00 e. The van der Waals surface area contributed by atoms with Gasteiger partial charge in [0.2, 0.25) is 0 Å². The smallest absolute Gasteiger partial charge is 1.00 e. The second-order valence-corrected chi connectivity index (χ2v) is 10.6. The molecule has 4 nitrogen and oxygen atoms in total. The van der Waals surface area contributed by atoms with Crippen LogP contribution in [0.1, 0.15) is 26.3 Å². The van der Waals surface area contributed by atoms with Crippen molar-refractivity contribution < 1.29 is 30.5 Å². The molecule has 0 bridgehead atoms. The molecule has 0 aliphatic rings. The Labute approximate surface area is 214 Å². The number of tetrazole rings is 1. The van der Waals surface area contributed by atoms with E-state index in [2.05, 4.69) is 45.0 Å². The molecule has 0 aliphatic carbocycles. The van der Waals surface area contributed by atoms with Crippen LogP contribution < -0.4 is 9.50 Å². The Balaban J connectivity index is 0.000000584. The van der Waals surface area contributed by atoms with Crippen LogP contribution in [-0.4, -0.2) is 15.0 Å². The maximum Gasteiger partial charge on any atom is -1.00 e. The summed E-state index contributed by atoms with van der Waals surface area (Å²) in [5.74, 6) is 0.602. The van der Waals surface area contributed by atoms with Crippen LogP contribution in [-0.2, 0) is 5.41 Å². The summed E-state index contributed by atoms with van der Waals surface area (Å²) in [4.78, 5) is 3.40. The zero-order valence-electron chi connectivity index (χ0n) is 19.2. The summed E-state index contributed by atoms with van der Waals surface area (Å²) in [5.41, 5.74) is 3.81.